The molecule has 1 aliphatic rings. The molecule has 2 atom stereocenters. The van der Waals surface area contributed by atoms with Gasteiger partial charge in [0.2, 0.25) is 5.91 Å². The monoisotopic (exact) mass is 375 g/mol. The number of anilines is 1. The fraction of sp³-hybridized carbons (Fsp3) is 0.316. The van der Waals surface area contributed by atoms with Crippen LogP contribution in [0.2, 0.25) is 5.02 Å². The number of rotatable bonds is 4. The number of phenolic OH excluding ortho intramolecular Hbond substituents is 1. The lowest BCUT2D eigenvalue weighted by atomic mass is 9.96. The highest BCUT2D eigenvalue weighted by Crippen LogP contribution is 2.34. The van der Waals surface area contributed by atoms with Crippen molar-refractivity contribution in [1.29, 1.82) is 0 Å². The number of nitrogens with one attached hydrogen (secondary N) is 3. The molecule has 1 heterocycles. The van der Waals surface area contributed by atoms with E-state index in [0.29, 0.717) is 22.9 Å². The highest BCUT2D eigenvalue weighted by Gasteiger charge is 2.32. The van der Waals surface area contributed by atoms with Crippen LogP contribution in [-0.2, 0) is 4.79 Å². The Hall–Kier alpha value is -2.28. The van der Waals surface area contributed by atoms with Crippen LogP contribution < -0.4 is 20.9 Å². The second kappa shape index (κ2) is 7.53. The zero-order chi connectivity index (χ0) is 18.8. The summed E-state index contributed by atoms with van der Waals surface area (Å²) in [5, 5.41) is 13.7. The zero-order valence-electron chi connectivity index (χ0n) is 14.9. The summed E-state index contributed by atoms with van der Waals surface area (Å²) in [6.07, 6.45) is 0.520. The van der Waals surface area contributed by atoms with Gasteiger partial charge in [-0.15, -0.1) is 0 Å². The average Bonchev–Trinajstić information content (AvgIpc) is 3.10. The molecule has 26 heavy (non-hydrogen) atoms. The Balaban J connectivity index is 1.68. The maximum Gasteiger partial charge on any atom is 0.242 e. The first-order valence-electron chi connectivity index (χ1n) is 8.35. The molecule has 7 heteroatoms. The summed E-state index contributed by atoms with van der Waals surface area (Å²) in [6, 6.07) is 8.37. The molecule has 2 aromatic rings. The van der Waals surface area contributed by atoms with Crippen LogP contribution in [0.3, 0.4) is 0 Å². The van der Waals surface area contributed by atoms with Gasteiger partial charge in [-0.3, -0.25) is 4.79 Å². The fourth-order valence-electron chi connectivity index (χ4n) is 3.01. The van der Waals surface area contributed by atoms with Gasteiger partial charge in [0.15, 0.2) is 0 Å². The van der Waals surface area contributed by atoms with Crippen molar-refractivity contribution in [2.75, 3.05) is 12.4 Å². The van der Waals surface area contributed by atoms with E-state index < -0.39 is 6.04 Å². The second-order valence-corrected chi connectivity index (χ2v) is 6.82. The normalized spacial score (nSPS) is 19.4. The van der Waals surface area contributed by atoms with Crippen molar-refractivity contribution in [3.05, 3.63) is 52.0 Å². The van der Waals surface area contributed by atoms with Crippen LogP contribution in [0.5, 0.6) is 11.5 Å². The van der Waals surface area contributed by atoms with Gasteiger partial charge >= 0.3 is 0 Å². The molecule has 0 saturated carbocycles. The number of carbonyl (C=O) groups excluding carboxylic acids is 1. The van der Waals surface area contributed by atoms with E-state index in [4.69, 9.17) is 16.3 Å². The third-order valence-corrected chi connectivity index (χ3v) is 5.04. The molecule has 3 rings (SSSR count). The first-order chi connectivity index (χ1) is 12.4. The number of benzene rings is 2. The van der Waals surface area contributed by atoms with E-state index in [1.165, 1.54) is 7.11 Å². The first kappa shape index (κ1) is 18.5. The maximum absolute atomic E-state index is 12.5. The molecular weight excluding hydrogens is 354 g/mol. The molecule has 2 unspecified atom stereocenters. The highest BCUT2D eigenvalue weighted by atomic mass is 35.5. The van der Waals surface area contributed by atoms with Gasteiger partial charge in [-0.25, -0.2) is 10.9 Å². The summed E-state index contributed by atoms with van der Waals surface area (Å²) >= 11 is 6.09. The molecule has 0 aliphatic carbocycles. The smallest absolute Gasteiger partial charge is 0.242 e. The van der Waals surface area contributed by atoms with Crippen LogP contribution >= 0.6 is 11.6 Å². The first-order valence-corrected chi connectivity index (χ1v) is 8.73. The molecule has 1 amide bonds. The van der Waals surface area contributed by atoms with Gasteiger partial charge in [0.25, 0.3) is 0 Å². The number of carbonyl (C=O) groups is 1. The Morgan fingerprint density at radius 3 is 2.73 bits per heavy atom. The number of hydrogen-bond acceptors (Lipinski definition) is 5. The number of phenols is 1. The number of ether oxygens (including phenoxy) is 1. The number of aromatic hydroxyl groups is 1. The van der Waals surface area contributed by atoms with E-state index in [1.807, 2.05) is 26.0 Å². The Labute approximate surface area is 157 Å². The van der Waals surface area contributed by atoms with Gasteiger partial charge in [-0.2, -0.15) is 0 Å². The minimum atomic E-state index is -0.429. The predicted octanol–water partition coefficient (Wildman–Crippen LogP) is 3.22. The van der Waals surface area contributed by atoms with Gasteiger partial charge in [0.1, 0.15) is 17.5 Å². The summed E-state index contributed by atoms with van der Waals surface area (Å²) in [5.74, 6) is 0.646. The second-order valence-electron chi connectivity index (χ2n) is 6.41. The Morgan fingerprint density at radius 1 is 1.27 bits per heavy atom. The minimum Gasteiger partial charge on any atom is -0.507 e. The third kappa shape index (κ3) is 3.62. The quantitative estimate of drug-likeness (QED) is 0.659. The van der Waals surface area contributed by atoms with E-state index >= 15 is 0 Å². The van der Waals surface area contributed by atoms with E-state index in [2.05, 4.69) is 16.2 Å². The summed E-state index contributed by atoms with van der Waals surface area (Å²) in [5.41, 5.74) is 9.34. The van der Waals surface area contributed by atoms with Crippen LogP contribution in [-0.4, -0.2) is 24.2 Å². The van der Waals surface area contributed by atoms with Crippen LogP contribution in [0.4, 0.5) is 5.69 Å². The van der Waals surface area contributed by atoms with Gasteiger partial charge in [0, 0.05) is 11.3 Å². The molecule has 0 radical (unpaired) electrons. The number of hydrogen-bond donors (Lipinski definition) is 4. The standard InChI is InChI=1S/C19H22ClN3O3/c1-10-4-6-13(18(24)11(10)2)15-9-16(23-22-15)19(25)21-12-5-7-17(26-3)14(20)8-12/h4-8,15-16,22-24H,9H2,1-3H3,(H,21,25). The minimum absolute atomic E-state index is 0.149. The van der Waals surface area contributed by atoms with Gasteiger partial charge < -0.3 is 15.2 Å². The van der Waals surface area contributed by atoms with Gasteiger partial charge in [0.05, 0.1) is 18.2 Å². The van der Waals surface area contributed by atoms with Crippen molar-refractivity contribution in [1.82, 2.24) is 10.9 Å². The van der Waals surface area contributed by atoms with E-state index in [0.717, 1.165) is 16.7 Å². The summed E-state index contributed by atoms with van der Waals surface area (Å²) in [7, 11) is 1.54. The van der Waals surface area contributed by atoms with Crippen molar-refractivity contribution < 1.29 is 14.6 Å². The zero-order valence-corrected chi connectivity index (χ0v) is 15.6. The topological polar surface area (TPSA) is 82.6 Å². The van der Waals surface area contributed by atoms with Crippen molar-refractivity contribution in [3.63, 3.8) is 0 Å². The number of halogens is 1. The molecule has 1 aliphatic heterocycles. The molecule has 4 N–H and O–H groups in total. The summed E-state index contributed by atoms with van der Waals surface area (Å²) in [6.45, 7) is 3.84. The Bertz CT molecular complexity index is 841. The van der Waals surface area contributed by atoms with Crippen molar-refractivity contribution >= 4 is 23.2 Å². The van der Waals surface area contributed by atoms with E-state index in [1.54, 1.807) is 18.2 Å². The van der Waals surface area contributed by atoms with Crippen LogP contribution in [0.15, 0.2) is 30.3 Å². The molecule has 1 saturated heterocycles. The SMILES string of the molecule is COc1ccc(NC(=O)C2CC(c3ccc(C)c(C)c3O)NN2)cc1Cl. The molecule has 0 bridgehead atoms. The predicted molar refractivity (Wildman–Crippen MR) is 102 cm³/mol. The summed E-state index contributed by atoms with van der Waals surface area (Å²) in [4.78, 5) is 12.5. The molecule has 2 aromatic carbocycles. The van der Waals surface area contributed by atoms with Gasteiger partial charge in [-0.1, -0.05) is 23.7 Å². The maximum atomic E-state index is 12.5. The molecule has 6 nitrogen and oxygen atoms in total. The van der Waals surface area contributed by atoms with E-state index in [-0.39, 0.29) is 17.7 Å². The van der Waals surface area contributed by atoms with Crippen LogP contribution in [0.1, 0.15) is 29.2 Å². The lowest BCUT2D eigenvalue weighted by Crippen LogP contribution is -2.39. The lowest BCUT2D eigenvalue weighted by molar-refractivity contribution is -0.117. The van der Waals surface area contributed by atoms with Crippen LogP contribution in [0, 0.1) is 13.8 Å². The molecule has 1 fully saturated rings. The largest absolute Gasteiger partial charge is 0.507 e. The Kier molecular flexibility index (Phi) is 5.36. The Morgan fingerprint density at radius 2 is 2.04 bits per heavy atom. The highest BCUT2D eigenvalue weighted by molar-refractivity contribution is 6.32. The average molecular weight is 376 g/mol. The summed E-state index contributed by atoms with van der Waals surface area (Å²) < 4.78 is 5.11. The number of hydrazine groups is 1. The molecule has 0 aromatic heterocycles. The van der Waals surface area contributed by atoms with Crippen molar-refractivity contribution in [2.45, 2.75) is 32.4 Å². The number of methoxy groups -OCH3 is 1. The van der Waals surface area contributed by atoms with Crippen LogP contribution in [0.25, 0.3) is 0 Å². The van der Waals surface area contributed by atoms with Crippen molar-refractivity contribution in [2.24, 2.45) is 0 Å². The number of amides is 1. The molecule has 138 valence electrons. The molecular formula is C19H22ClN3O3. The number of aryl methyl sites for hydroxylation is 1. The van der Waals surface area contributed by atoms with E-state index in [9.17, 15) is 9.90 Å². The fourth-order valence-corrected chi connectivity index (χ4v) is 3.27. The van der Waals surface area contributed by atoms with Crippen molar-refractivity contribution in [3.8, 4) is 11.5 Å². The lowest BCUT2D eigenvalue weighted by Gasteiger charge is -2.15. The molecule has 0 spiro atoms. The van der Waals surface area contributed by atoms with Gasteiger partial charge in [-0.05, 0) is 49.6 Å². The third-order valence-electron chi connectivity index (χ3n) is 4.75.